The Morgan fingerprint density at radius 1 is 1.00 bits per heavy atom. The molecule has 0 saturated carbocycles. The molecule has 0 fully saturated rings. The quantitative estimate of drug-likeness (QED) is 0.803. The van der Waals surface area contributed by atoms with Gasteiger partial charge in [0.2, 0.25) is 0 Å². The van der Waals surface area contributed by atoms with E-state index < -0.39 is 0 Å². The molecule has 0 saturated heterocycles. The van der Waals surface area contributed by atoms with Crippen molar-refractivity contribution < 1.29 is 5.11 Å². The third kappa shape index (κ3) is 2.05. The van der Waals surface area contributed by atoms with Crippen molar-refractivity contribution in [2.24, 2.45) is 0 Å². The van der Waals surface area contributed by atoms with Gasteiger partial charge in [-0.3, -0.25) is 0 Å². The van der Waals surface area contributed by atoms with Gasteiger partial charge >= 0.3 is 0 Å². The Labute approximate surface area is 132 Å². The first kappa shape index (κ1) is 13.8. The molecule has 0 aromatic heterocycles. The summed E-state index contributed by atoms with van der Waals surface area (Å²) in [6.07, 6.45) is 4.64. The van der Waals surface area contributed by atoms with Gasteiger partial charge in [0, 0.05) is 18.5 Å². The summed E-state index contributed by atoms with van der Waals surface area (Å²) in [6.45, 7) is 2.13. The summed E-state index contributed by atoms with van der Waals surface area (Å²) in [5.41, 5.74) is 5.75. The molecule has 1 unspecified atom stereocenters. The van der Waals surface area contributed by atoms with E-state index in [1.54, 1.807) is 0 Å². The molecule has 22 heavy (non-hydrogen) atoms. The van der Waals surface area contributed by atoms with Crippen molar-refractivity contribution in [2.45, 2.75) is 31.1 Å². The molecule has 2 aliphatic rings. The Morgan fingerprint density at radius 3 is 2.73 bits per heavy atom. The van der Waals surface area contributed by atoms with Crippen LogP contribution in [-0.2, 0) is 18.3 Å². The van der Waals surface area contributed by atoms with E-state index in [1.807, 2.05) is 12.1 Å². The average molecular weight is 293 g/mol. The number of aryl methyl sites for hydroxylation is 1. The average Bonchev–Trinajstić information content (AvgIpc) is 2.66. The highest BCUT2D eigenvalue weighted by atomic mass is 16.3. The van der Waals surface area contributed by atoms with Gasteiger partial charge in [-0.1, -0.05) is 30.3 Å². The van der Waals surface area contributed by atoms with Crippen LogP contribution in [0.2, 0.25) is 0 Å². The molecule has 2 aromatic rings. The number of hydrogen-bond acceptors (Lipinski definition) is 2. The summed E-state index contributed by atoms with van der Waals surface area (Å²) in [7, 11) is 2.23. The number of hydrogen-bond donors (Lipinski definition) is 1. The van der Waals surface area contributed by atoms with Crippen LogP contribution in [-0.4, -0.2) is 30.1 Å². The van der Waals surface area contributed by atoms with Crippen molar-refractivity contribution in [2.75, 3.05) is 20.1 Å². The van der Waals surface area contributed by atoms with Crippen LogP contribution in [0.3, 0.4) is 0 Å². The first-order valence-electron chi connectivity index (χ1n) is 8.28. The minimum atomic E-state index is 0.0359. The Morgan fingerprint density at radius 2 is 1.82 bits per heavy atom. The number of phenolic OH excluding ortho intramolecular Hbond substituents is 1. The standard InChI is InChI=1S/C20H23NO/c1-21-12-10-16-8-9-17(22)13-19(16)20(14-21)11-4-6-15-5-2-3-7-18(15)20/h2-3,5,7-9,13,22H,4,6,10-12,14H2,1H3. The lowest BCUT2D eigenvalue weighted by molar-refractivity contribution is 0.264. The molecule has 2 nitrogen and oxygen atoms in total. The fourth-order valence-electron chi connectivity index (χ4n) is 4.53. The number of fused-ring (bicyclic) bond motifs is 4. The summed E-state index contributed by atoms with van der Waals surface area (Å²) >= 11 is 0. The van der Waals surface area contributed by atoms with E-state index in [1.165, 1.54) is 41.5 Å². The maximum Gasteiger partial charge on any atom is 0.115 e. The van der Waals surface area contributed by atoms with E-state index in [2.05, 4.69) is 42.3 Å². The first-order valence-corrected chi connectivity index (χ1v) is 8.28. The van der Waals surface area contributed by atoms with Crippen LogP contribution >= 0.6 is 0 Å². The Kier molecular flexibility index (Phi) is 3.23. The summed E-state index contributed by atoms with van der Waals surface area (Å²) in [5, 5.41) is 10.1. The molecule has 2 heteroatoms. The van der Waals surface area contributed by atoms with E-state index in [-0.39, 0.29) is 5.41 Å². The van der Waals surface area contributed by atoms with Crippen molar-refractivity contribution in [1.82, 2.24) is 4.90 Å². The lowest BCUT2D eigenvalue weighted by Crippen LogP contribution is -2.41. The minimum Gasteiger partial charge on any atom is -0.508 e. The van der Waals surface area contributed by atoms with Gasteiger partial charge in [-0.25, -0.2) is 0 Å². The molecular formula is C20H23NO. The lowest BCUT2D eigenvalue weighted by atomic mass is 9.65. The maximum absolute atomic E-state index is 10.1. The molecule has 114 valence electrons. The van der Waals surface area contributed by atoms with E-state index >= 15 is 0 Å². The fourth-order valence-corrected chi connectivity index (χ4v) is 4.53. The zero-order chi connectivity index (χ0) is 15.2. The van der Waals surface area contributed by atoms with Gasteiger partial charge in [0.1, 0.15) is 5.75 Å². The maximum atomic E-state index is 10.1. The smallest absolute Gasteiger partial charge is 0.115 e. The van der Waals surface area contributed by atoms with Gasteiger partial charge in [0.25, 0.3) is 0 Å². The zero-order valence-electron chi connectivity index (χ0n) is 13.2. The van der Waals surface area contributed by atoms with Gasteiger partial charge in [-0.2, -0.15) is 0 Å². The Hall–Kier alpha value is -1.80. The van der Waals surface area contributed by atoms with Gasteiger partial charge in [0.15, 0.2) is 0 Å². The second-order valence-electron chi connectivity index (χ2n) is 6.92. The topological polar surface area (TPSA) is 23.5 Å². The van der Waals surface area contributed by atoms with Gasteiger partial charge < -0.3 is 10.0 Å². The molecule has 1 aliphatic heterocycles. The molecule has 1 atom stereocenters. The highest BCUT2D eigenvalue weighted by molar-refractivity contribution is 5.51. The number of likely N-dealkylation sites (N-methyl/N-ethyl adjacent to an activating group) is 1. The zero-order valence-corrected chi connectivity index (χ0v) is 13.2. The number of rotatable bonds is 0. The molecule has 0 amide bonds. The van der Waals surface area contributed by atoms with Crippen LogP contribution in [0.15, 0.2) is 42.5 Å². The van der Waals surface area contributed by atoms with Crippen LogP contribution in [0.4, 0.5) is 0 Å². The van der Waals surface area contributed by atoms with Gasteiger partial charge in [-0.05, 0) is 67.1 Å². The van der Waals surface area contributed by atoms with Crippen molar-refractivity contribution in [1.29, 1.82) is 0 Å². The number of nitrogens with zero attached hydrogens (tertiary/aromatic N) is 1. The third-order valence-electron chi connectivity index (χ3n) is 5.49. The fraction of sp³-hybridized carbons (Fsp3) is 0.400. The van der Waals surface area contributed by atoms with Crippen LogP contribution in [0.25, 0.3) is 0 Å². The van der Waals surface area contributed by atoms with Crippen molar-refractivity contribution in [3.8, 4) is 5.75 Å². The van der Waals surface area contributed by atoms with E-state index in [0.29, 0.717) is 5.75 Å². The highest BCUT2D eigenvalue weighted by Gasteiger charge is 2.41. The summed E-state index contributed by atoms with van der Waals surface area (Å²) < 4.78 is 0. The molecule has 0 bridgehead atoms. The number of phenols is 1. The third-order valence-corrected chi connectivity index (χ3v) is 5.49. The molecule has 4 rings (SSSR count). The van der Waals surface area contributed by atoms with Crippen LogP contribution in [0, 0.1) is 0 Å². The largest absolute Gasteiger partial charge is 0.508 e. The second-order valence-corrected chi connectivity index (χ2v) is 6.92. The summed E-state index contributed by atoms with van der Waals surface area (Å²) in [5.74, 6) is 0.394. The number of aromatic hydroxyl groups is 1. The van der Waals surface area contributed by atoms with Crippen LogP contribution in [0.1, 0.15) is 35.1 Å². The Bertz CT molecular complexity index is 709. The predicted molar refractivity (Wildman–Crippen MR) is 89.5 cm³/mol. The molecule has 2 aromatic carbocycles. The SMILES string of the molecule is CN1CCc2ccc(O)cc2C2(CCCc3ccccc32)C1. The number of benzene rings is 2. The highest BCUT2D eigenvalue weighted by Crippen LogP contribution is 2.46. The van der Waals surface area contributed by atoms with E-state index in [0.717, 1.165) is 19.5 Å². The van der Waals surface area contributed by atoms with Gasteiger partial charge in [-0.15, -0.1) is 0 Å². The van der Waals surface area contributed by atoms with E-state index in [4.69, 9.17) is 0 Å². The summed E-state index contributed by atoms with van der Waals surface area (Å²) in [4.78, 5) is 2.46. The monoisotopic (exact) mass is 293 g/mol. The second kappa shape index (κ2) is 5.13. The lowest BCUT2D eigenvalue weighted by Gasteiger charge is -2.41. The van der Waals surface area contributed by atoms with E-state index in [9.17, 15) is 5.11 Å². The molecular weight excluding hydrogens is 270 g/mol. The molecule has 1 aliphatic carbocycles. The Balaban J connectivity index is 1.99. The minimum absolute atomic E-state index is 0.0359. The molecule has 1 N–H and O–H groups in total. The molecule has 0 radical (unpaired) electrons. The normalized spacial score (nSPS) is 24.6. The van der Waals surface area contributed by atoms with Gasteiger partial charge in [0.05, 0.1) is 0 Å². The molecule has 1 spiro atoms. The van der Waals surface area contributed by atoms with Crippen LogP contribution < -0.4 is 0 Å². The van der Waals surface area contributed by atoms with Crippen molar-refractivity contribution in [3.05, 3.63) is 64.7 Å². The molecule has 1 heterocycles. The summed E-state index contributed by atoms with van der Waals surface area (Å²) in [6, 6.07) is 14.9. The first-order chi connectivity index (χ1) is 10.7. The predicted octanol–water partition coefficient (Wildman–Crippen LogP) is 3.50. The van der Waals surface area contributed by atoms with Crippen molar-refractivity contribution in [3.63, 3.8) is 0 Å². The van der Waals surface area contributed by atoms with Crippen molar-refractivity contribution >= 4 is 0 Å². The van der Waals surface area contributed by atoms with Crippen LogP contribution in [0.5, 0.6) is 5.75 Å².